The maximum Gasteiger partial charge on any atom is 0.443 e. The molecule has 0 aliphatic carbocycles. The van der Waals surface area contributed by atoms with Crippen LogP contribution in [0.5, 0.6) is 0 Å². The summed E-state index contributed by atoms with van der Waals surface area (Å²) in [6, 6.07) is 0. The maximum absolute atomic E-state index is 12.8. The van der Waals surface area contributed by atoms with Crippen LogP contribution in [0.15, 0.2) is 12.7 Å². The SMILES string of the molecule is C=CC(=O)OC(F)(F)C(C)(F)C(O)(F)F. The van der Waals surface area contributed by atoms with Gasteiger partial charge in [0.05, 0.1) is 0 Å². The first-order valence-corrected chi connectivity index (χ1v) is 3.48. The highest BCUT2D eigenvalue weighted by Gasteiger charge is 2.69. The van der Waals surface area contributed by atoms with Crippen molar-refractivity contribution in [1.82, 2.24) is 0 Å². The Labute approximate surface area is 81.1 Å². The number of halogens is 5. The molecule has 0 amide bonds. The third-order valence-corrected chi connectivity index (χ3v) is 1.51. The van der Waals surface area contributed by atoms with Crippen LogP contribution < -0.4 is 0 Å². The molecule has 0 bridgehead atoms. The number of hydrogen-bond acceptors (Lipinski definition) is 3. The van der Waals surface area contributed by atoms with Gasteiger partial charge < -0.3 is 9.84 Å². The monoisotopic (exact) mass is 234 g/mol. The molecule has 0 aromatic heterocycles. The second-order valence-electron chi connectivity index (χ2n) is 2.69. The highest BCUT2D eigenvalue weighted by Crippen LogP contribution is 2.43. The van der Waals surface area contributed by atoms with E-state index in [0.717, 1.165) is 0 Å². The zero-order valence-electron chi connectivity index (χ0n) is 7.44. The van der Waals surface area contributed by atoms with E-state index >= 15 is 0 Å². The van der Waals surface area contributed by atoms with Crippen molar-refractivity contribution < 1.29 is 36.6 Å². The van der Waals surface area contributed by atoms with Crippen LogP contribution in [-0.2, 0) is 9.53 Å². The quantitative estimate of drug-likeness (QED) is 0.456. The molecular formula is C7H7F5O3. The van der Waals surface area contributed by atoms with Crippen LogP contribution >= 0.6 is 0 Å². The van der Waals surface area contributed by atoms with Crippen LogP contribution in [0.25, 0.3) is 0 Å². The Balaban J connectivity index is 5.01. The predicted octanol–water partition coefficient (Wildman–Crippen LogP) is 1.62. The molecule has 0 aromatic carbocycles. The first kappa shape index (κ1) is 13.8. The van der Waals surface area contributed by atoms with E-state index in [4.69, 9.17) is 5.11 Å². The first-order chi connectivity index (χ1) is 6.45. The molecule has 0 saturated carbocycles. The second-order valence-corrected chi connectivity index (χ2v) is 2.69. The summed E-state index contributed by atoms with van der Waals surface area (Å²) in [6.07, 6.45) is -10.3. The molecule has 0 aromatic rings. The van der Waals surface area contributed by atoms with Gasteiger partial charge in [-0.2, -0.15) is 17.6 Å². The lowest BCUT2D eigenvalue weighted by atomic mass is 10.1. The van der Waals surface area contributed by atoms with E-state index in [-0.39, 0.29) is 13.0 Å². The van der Waals surface area contributed by atoms with E-state index in [0.29, 0.717) is 0 Å². The second kappa shape index (κ2) is 3.76. The molecule has 88 valence electrons. The zero-order chi connectivity index (χ0) is 12.5. The van der Waals surface area contributed by atoms with Gasteiger partial charge in [-0.3, -0.25) is 0 Å². The molecule has 0 radical (unpaired) electrons. The number of aliphatic hydroxyl groups is 1. The number of carbonyl (C=O) groups is 1. The van der Waals surface area contributed by atoms with Crippen molar-refractivity contribution >= 4 is 5.97 Å². The average molecular weight is 234 g/mol. The molecule has 0 spiro atoms. The summed E-state index contributed by atoms with van der Waals surface area (Å²) in [5.74, 6) is -1.80. The number of ether oxygens (including phenoxy) is 1. The number of rotatable bonds is 4. The molecule has 3 nitrogen and oxygen atoms in total. The third-order valence-electron chi connectivity index (χ3n) is 1.51. The molecule has 0 saturated heterocycles. The molecule has 0 aliphatic heterocycles. The molecule has 0 fully saturated rings. The van der Waals surface area contributed by atoms with Crippen molar-refractivity contribution in [3.63, 3.8) is 0 Å². The van der Waals surface area contributed by atoms with Crippen molar-refractivity contribution in [2.75, 3.05) is 0 Å². The fourth-order valence-corrected chi connectivity index (χ4v) is 0.439. The Kier molecular flexibility index (Phi) is 3.47. The van der Waals surface area contributed by atoms with Crippen LogP contribution in [0.3, 0.4) is 0 Å². The van der Waals surface area contributed by atoms with Gasteiger partial charge in [0.25, 0.3) is 5.67 Å². The minimum absolute atomic E-state index is 0.236. The van der Waals surface area contributed by atoms with Gasteiger partial charge in [0, 0.05) is 6.08 Å². The van der Waals surface area contributed by atoms with Crippen LogP contribution in [0, 0.1) is 0 Å². The van der Waals surface area contributed by atoms with E-state index in [9.17, 15) is 26.7 Å². The van der Waals surface area contributed by atoms with Gasteiger partial charge in [-0.15, -0.1) is 0 Å². The standard InChI is InChI=1S/C7H7F5O3/c1-3-4(13)15-7(11,12)5(2,8)6(9,10)14/h3,14H,1H2,2H3. The van der Waals surface area contributed by atoms with Crippen molar-refractivity contribution in [1.29, 1.82) is 0 Å². The lowest BCUT2D eigenvalue weighted by Crippen LogP contribution is -2.56. The molecule has 0 rings (SSSR count). The minimum atomic E-state index is -5.36. The number of hydrogen-bond donors (Lipinski definition) is 1. The number of esters is 1. The normalized spacial score (nSPS) is 16.7. The Bertz CT molecular complexity index is 268. The molecule has 0 heterocycles. The summed E-state index contributed by atoms with van der Waals surface area (Å²) in [4.78, 5) is 10.3. The largest absolute Gasteiger partial charge is 0.443 e. The van der Waals surface area contributed by atoms with Crippen molar-refractivity contribution in [3.05, 3.63) is 12.7 Å². The molecule has 1 N–H and O–H groups in total. The summed E-state index contributed by atoms with van der Waals surface area (Å²) in [6.45, 7) is 2.41. The number of carbonyl (C=O) groups excluding carboxylic acids is 1. The fraction of sp³-hybridized carbons (Fsp3) is 0.571. The lowest BCUT2D eigenvalue weighted by Gasteiger charge is -2.31. The number of alkyl halides is 5. The summed E-state index contributed by atoms with van der Waals surface area (Å²) in [5.41, 5.74) is -4.74. The molecular weight excluding hydrogens is 227 g/mol. The van der Waals surface area contributed by atoms with E-state index < -0.39 is 23.9 Å². The van der Waals surface area contributed by atoms with Gasteiger partial charge in [0.15, 0.2) is 0 Å². The van der Waals surface area contributed by atoms with Gasteiger partial charge in [-0.25, -0.2) is 9.18 Å². The Hall–Kier alpha value is -1.18. The Morgan fingerprint density at radius 3 is 2.00 bits per heavy atom. The molecule has 0 aliphatic rings. The van der Waals surface area contributed by atoms with E-state index in [1.54, 1.807) is 0 Å². The Morgan fingerprint density at radius 2 is 1.73 bits per heavy atom. The van der Waals surface area contributed by atoms with E-state index in [1.807, 2.05) is 0 Å². The average Bonchev–Trinajstić information content (AvgIpc) is 2.00. The van der Waals surface area contributed by atoms with Gasteiger partial charge in [-0.05, 0) is 6.92 Å². The van der Waals surface area contributed by atoms with Gasteiger partial charge >= 0.3 is 18.2 Å². The highest BCUT2D eigenvalue weighted by atomic mass is 19.3. The van der Waals surface area contributed by atoms with Gasteiger partial charge in [-0.1, -0.05) is 6.58 Å². The van der Waals surface area contributed by atoms with Crippen molar-refractivity contribution in [3.8, 4) is 0 Å². The summed E-state index contributed by atoms with van der Waals surface area (Å²) in [5, 5.41) is 7.86. The summed E-state index contributed by atoms with van der Waals surface area (Å²) >= 11 is 0. The molecule has 1 atom stereocenters. The van der Waals surface area contributed by atoms with Crippen molar-refractivity contribution in [2.24, 2.45) is 0 Å². The van der Waals surface area contributed by atoms with Crippen LogP contribution in [0.4, 0.5) is 22.0 Å². The van der Waals surface area contributed by atoms with Gasteiger partial charge in [0.1, 0.15) is 0 Å². The third kappa shape index (κ3) is 2.65. The smallest absolute Gasteiger partial charge is 0.395 e. The zero-order valence-corrected chi connectivity index (χ0v) is 7.44. The van der Waals surface area contributed by atoms with Crippen molar-refractivity contribution in [2.45, 2.75) is 24.8 Å². The maximum atomic E-state index is 12.8. The van der Waals surface area contributed by atoms with Gasteiger partial charge in [0.2, 0.25) is 0 Å². The van der Waals surface area contributed by atoms with Crippen LogP contribution in [0.1, 0.15) is 6.92 Å². The van der Waals surface area contributed by atoms with Crippen LogP contribution in [-0.4, -0.2) is 29.0 Å². The van der Waals surface area contributed by atoms with E-state index in [2.05, 4.69) is 11.3 Å². The summed E-state index contributed by atoms with van der Waals surface area (Å²) < 4.78 is 65.2. The molecule has 8 heteroatoms. The minimum Gasteiger partial charge on any atom is -0.395 e. The fourth-order valence-electron chi connectivity index (χ4n) is 0.439. The van der Waals surface area contributed by atoms with E-state index in [1.165, 1.54) is 0 Å². The first-order valence-electron chi connectivity index (χ1n) is 3.48. The summed E-state index contributed by atoms with van der Waals surface area (Å²) in [7, 11) is 0. The molecule has 1 unspecified atom stereocenters. The highest BCUT2D eigenvalue weighted by molar-refractivity contribution is 5.81. The molecule has 15 heavy (non-hydrogen) atoms. The van der Waals surface area contributed by atoms with Crippen LogP contribution in [0.2, 0.25) is 0 Å². The predicted molar refractivity (Wildman–Crippen MR) is 37.9 cm³/mol. The lowest BCUT2D eigenvalue weighted by molar-refractivity contribution is -0.384. The Morgan fingerprint density at radius 1 is 1.33 bits per heavy atom. The topological polar surface area (TPSA) is 46.5 Å².